The van der Waals surface area contributed by atoms with E-state index in [1.165, 1.54) is 0 Å². The highest BCUT2D eigenvalue weighted by molar-refractivity contribution is 5.95. The Hall–Kier alpha value is -3.48. The van der Waals surface area contributed by atoms with Crippen molar-refractivity contribution in [2.45, 2.75) is 45.4 Å². The van der Waals surface area contributed by atoms with E-state index in [1.807, 2.05) is 43.3 Å². The van der Waals surface area contributed by atoms with E-state index in [1.54, 1.807) is 37.4 Å². The van der Waals surface area contributed by atoms with Crippen LogP contribution in [-0.4, -0.2) is 54.1 Å². The number of allylic oxidation sites excluding steroid dienone is 1. The average Bonchev–Trinajstić information content (AvgIpc) is 2.87. The molecule has 0 spiro atoms. The Kier molecular flexibility index (Phi) is 7.81. The van der Waals surface area contributed by atoms with Gasteiger partial charge in [0.1, 0.15) is 35.7 Å². The van der Waals surface area contributed by atoms with Crippen LogP contribution in [0, 0.1) is 0 Å². The Morgan fingerprint density at radius 1 is 1.00 bits per heavy atom. The van der Waals surface area contributed by atoms with Gasteiger partial charge in [-0.1, -0.05) is 24.3 Å². The third-order valence-electron chi connectivity index (χ3n) is 7.22. The van der Waals surface area contributed by atoms with Gasteiger partial charge in [-0.15, -0.1) is 0 Å². The molecule has 0 bridgehead atoms. The summed E-state index contributed by atoms with van der Waals surface area (Å²) in [7, 11) is 3.81. The van der Waals surface area contributed by atoms with Gasteiger partial charge in [0.25, 0.3) is 0 Å². The molecule has 2 atom stereocenters. The molecular formula is C31H37NO5. The van der Waals surface area contributed by atoms with Gasteiger partial charge in [-0.2, -0.15) is 0 Å². The lowest BCUT2D eigenvalue weighted by atomic mass is 9.86. The molecule has 0 fully saturated rings. The highest BCUT2D eigenvalue weighted by atomic mass is 16.5. The van der Waals surface area contributed by atoms with Gasteiger partial charge < -0.3 is 24.4 Å². The second-order valence-corrected chi connectivity index (χ2v) is 10.4. The Morgan fingerprint density at radius 3 is 2.38 bits per heavy atom. The summed E-state index contributed by atoms with van der Waals surface area (Å²) < 4.78 is 18.0. The molecule has 4 rings (SSSR count). The second-order valence-electron chi connectivity index (χ2n) is 10.4. The van der Waals surface area contributed by atoms with Crippen LogP contribution >= 0.6 is 0 Å². The summed E-state index contributed by atoms with van der Waals surface area (Å²) in [4.78, 5) is 2.27. The molecule has 3 aromatic carbocycles. The summed E-state index contributed by atoms with van der Waals surface area (Å²) in [6.07, 6.45) is -0.382. The predicted molar refractivity (Wildman–Crippen MR) is 147 cm³/mol. The van der Waals surface area contributed by atoms with Crippen LogP contribution < -0.4 is 9.47 Å². The van der Waals surface area contributed by atoms with E-state index in [2.05, 4.69) is 32.7 Å². The number of methoxy groups -OCH3 is 1. The first-order valence-corrected chi connectivity index (χ1v) is 12.6. The minimum atomic E-state index is -0.382. The number of rotatable bonds is 9. The number of likely N-dealkylation sites (N-methyl/N-ethyl adjacent to an activating group) is 1. The van der Waals surface area contributed by atoms with Gasteiger partial charge in [-0.05, 0) is 93.9 Å². The van der Waals surface area contributed by atoms with Crippen molar-refractivity contribution in [1.82, 2.24) is 4.90 Å². The van der Waals surface area contributed by atoms with Gasteiger partial charge in [0.05, 0.1) is 6.61 Å². The van der Waals surface area contributed by atoms with E-state index in [0.29, 0.717) is 19.0 Å². The minimum Gasteiger partial charge on any atom is -0.508 e. The fourth-order valence-corrected chi connectivity index (χ4v) is 4.84. The zero-order valence-corrected chi connectivity index (χ0v) is 22.5. The Morgan fingerprint density at radius 2 is 1.70 bits per heavy atom. The summed E-state index contributed by atoms with van der Waals surface area (Å²) >= 11 is 0. The molecule has 0 saturated heterocycles. The van der Waals surface area contributed by atoms with Crippen LogP contribution in [0.1, 0.15) is 50.5 Å². The number of phenolic OH excluding ortho intramolecular Hbond substituents is 2. The maximum absolute atomic E-state index is 10.2. The first-order valence-electron chi connectivity index (χ1n) is 12.6. The molecule has 0 aliphatic carbocycles. The Balaban J connectivity index is 1.58. The highest BCUT2D eigenvalue weighted by Gasteiger charge is 2.30. The summed E-state index contributed by atoms with van der Waals surface area (Å²) in [5.41, 5.74) is 4.51. The summed E-state index contributed by atoms with van der Waals surface area (Å²) in [6, 6.07) is 20.5. The number of phenols is 2. The molecule has 6 heteroatoms. The van der Waals surface area contributed by atoms with Crippen LogP contribution in [0.25, 0.3) is 11.1 Å². The molecular weight excluding hydrogens is 466 g/mol. The van der Waals surface area contributed by atoms with Gasteiger partial charge in [0.2, 0.25) is 0 Å². The molecule has 0 amide bonds. The summed E-state index contributed by atoms with van der Waals surface area (Å²) in [6.45, 7) is 9.67. The zero-order chi connectivity index (χ0) is 26.7. The molecule has 2 N–H and O–H groups in total. The van der Waals surface area contributed by atoms with Gasteiger partial charge in [0.15, 0.2) is 0 Å². The predicted octanol–water partition coefficient (Wildman–Crippen LogP) is 6.29. The van der Waals surface area contributed by atoms with Crippen LogP contribution in [-0.2, 0) is 4.74 Å². The molecule has 6 nitrogen and oxygen atoms in total. The number of aromatic hydroxyl groups is 2. The maximum atomic E-state index is 10.2. The highest BCUT2D eigenvalue weighted by Crippen LogP contribution is 2.47. The largest absolute Gasteiger partial charge is 0.508 e. The van der Waals surface area contributed by atoms with Crippen molar-refractivity contribution < 1.29 is 24.4 Å². The Bertz CT molecular complexity index is 1260. The standard InChI is InChI=1S/C31H37NO5/c1-20(32(5)31(3,4)19-35-6)18-36-26-13-10-22(11-14-26)30-29(23-8-7-9-24(33)16-23)21(2)27-17-25(34)12-15-28(27)37-30/h7-17,20,30,33-34H,18-19H2,1-6H3/t20-,30?/m0/s1. The fourth-order valence-electron chi connectivity index (χ4n) is 4.84. The van der Waals surface area contributed by atoms with Crippen molar-refractivity contribution in [3.8, 4) is 23.0 Å². The van der Waals surface area contributed by atoms with E-state index < -0.39 is 0 Å². The van der Waals surface area contributed by atoms with E-state index in [-0.39, 0.29) is 29.2 Å². The van der Waals surface area contributed by atoms with E-state index in [4.69, 9.17) is 14.2 Å². The molecule has 1 unspecified atom stereocenters. The average molecular weight is 504 g/mol. The van der Waals surface area contributed by atoms with Crippen molar-refractivity contribution in [3.63, 3.8) is 0 Å². The molecule has 3 aromatic rings. The smallest absolute Gasteiger partial charge is 0.150 e. The van der Waals surface area contributed by atoms with Crippen molar-refractivity contribution in [2.24, 2.45) is 0 Å². The normalized spacial score (nSPS) is 16.4. The first kappa shape index (κ1) is 26.6. The van der Waals surface area contributed by atoms with Crippen LogP contribution in [0.4, 0.5) is 0 Å². The molecule has 196 valence electrons. The maximum Gasteiger partial charge on any atom is 0.150 e. The minimum absolute atomic E-state index is 0.0980. The van der Waals surface area contributed by atoms with Gasteiger partial charge in [-0.25, -0.2) is 0 Å². The third-order valence-corrected chi connectivity index (χ3v) is 7.22. The van der Waals surface area contributed by atoms with Gasteiger partial charge >= 0.3 is 0 Å². The van der Waals surface area contributed by atoms with Crippen molar-refractivity contribution in [1.29, 1.82) is 0 Å². The number of fused-ring (bicyclic) bond motifs is 1. The van der Waals surface area contributed by atoms with E-state index in [9.17, 15) is 10.2 Å². The third kappa shape index (κ3) is 5.76. The number of ether oxygens (including phenoxy) is 3. The fraction of sp³-hybridized carbons (Fsp3) is 0.355. The Labute approximate surface area is 219 Å². The topological polar surface area (TPSA) is 71.4 Å². The summed E-state index contributed by atoms with van der Waals surface area (Å²) in [5, 5.41) is 20.2. The van der Waals surface area contributed by atoms with E-state index >= 15 is 0 Å². The molecule has 0 aromatic heterocycles. The van der Waals surface area contributed by atoms with Crippen LogP contribution in [0.2, 0.25) is 0 Å². The second kappa shape index (κ2) is 10.9. The number of hydrogen-bond donors (Lipinski definition) is 2. The van der Waals surface area contributed by atoms with Crippen molar-refractivity contribution in [2.75, 3.05) is 27.4 Å². The molecule has 0 radical (unpaired) electrons. The van der Waals surface area contributed by atoms with Crippen LogP contribution in [0.5, 0.6) is 23.0 Å². The molecule has 1 aliphatic heterocycles. The number of hydrogen-bond acceptors (Lipinski definition) is 6. The first-order chi connectivity index (χ1) is 17.6. The quantitative estimate of drug-likeness (QED) is 0.358. The monoisotopic (exact) mass is 503 g/mol. The lowest BCUT2D eigenvalue weighted by Crippen LogP contribution is -2.51. The molecule has 37 heavy (non-hydrogen) atoms. The van der Waals surface area contributed by atoms with E-state index in [0.717, 1.165) is 33.6 Å². The molecule has 1 aliphatic rings. The van der Waals surface area contributed by atoms with Crippen LogP contribution in [0.3, 0.4) is 0 Å². The molecule has 0 saturated carbocycles. The lowest BCUT2D eigenvalue weighted by molar-refractivity contribution is 0.0159. The van der Waals surface area contributed by atoms with Crippen molar-refractivity contribution in [3.05, 3.63) is 83.4 Å². The van der Waals surface area contributed by atoms with Crippen LogP contribution in [0.15, 0.2) is 66.7 Å². The number of benzene rings is 3. The van der Waals surface area contributed by atoms with Gasteiger partial charge in [-0.3, -0.25) is 4.90 Å². The molecule has 1 heterocycles. The van der Waals surface area contributed by atoms with Crippen molar-refractivity contribution >= 4 is 11.1 Å². The van der Waals surface area contributed by atoms with Gasteiger partial charge in [0, 0.05) is 29.8 Å². The lowest BCUT2D eigenvalue weighted by Gasteiger charge is -2.39. The number of nitrogens with zero attached hydrogens (tertiary/aromatic N) is 1. The summed E-state index contributed by atoms with van der Waals surface area (Å²) in [5.74, 6) is 1.87. The zero-order valence-electron chi connectivity index (χ0n) is 22.5. The SMILES string of the molecule is COCC(C)(C)N(C)[C@@H](C)COc1ccc(C2Oc3ccc(O)cc3C(C)=C2c2cccc(O)c2)cc1.